The molecule has 0 radical (unpaired) electrons. The van der Waals surface area contributed by atoms with Gasteiger partial charge in [0.2, 0.25) is 5.91 Å². The van der Waals surface area contributed by atoms with Gasteiger partial charge in [-0.15, -0.1) is 0 Å². The molecule has 1 aliphatic rings. The molecule has 5 nitrogen and oxygen atoms in total. The number of likely N-dealkylation sites (N-methyl/N-ethyl adjacent to an activating group) is 1. The van der Waals surface area contributed by atoms with Crippen molar-refractivity contribution in [3.8, 4) is 0 Å². The lowest BCUT2D eigenvalue weighted by Crippen LogP contribution is -2.48. The second-order valence-corrected chi connectivity index (χ2v) is 4.81. The number of hydrogen-bond donors (Lipinski definition) is 2. The molecule has 6 heteroatoms. The van der Waals surface area contributed by atoms with Crippen molar-refractivity contribution in [2.45, 2.75) is 6.10 Å². The largest absolute Gasteiger partial charge is 0.374 e. The van der Waals surface area contributed by atoms with Crippen LogP contribution in [0.4, 0.5) is 10.1 Å². The predicted octanol–water partition coefficient (Wildman–Crippen LogP) is 0.684. The normalized spacial score (nSPS) is 19.8. The van der Waals surface area contributed by atoms with Crippen molar-refractivity contribution in [2.75, 3.05) is 45.2 Å². The summed E-state index contributed by atoms with van der Waals surface area (Å²) in [6.07, 6.45) is 0.0926. The van der Waals surface area contributed by atoms with Crippen molar-refractivity contribution in [1.82, 2.24) is 10.2 Å². The molecule has 1 aromatic rings. The van der Waals surface area contributed by atoms with Crippen LogP contribution in [0, 0.1) is 5.82 Å². The lowest BCUT2D eigenvalue weighted by Gasteiger charge is -2.32. The van der Waals surface area contributed by atoms with Crippen molar-refractivity contribution in [2.24, 2.45) is 0 Å². The molecule has 1 aliphatic heterocycles. The Morgan fingerprint density at radius 2 is 2.30 bits per heavy atom. The molecule has 1 amide bonds. The van der Waals surface area contributed by atoms with Crippen molar-refractivity contribution < 1.29 is 13.9 Å². The Hall–Kier alpha value is -1.50. The first kappa shape index (κ1) is 14.9. The van der Waals surface area contributed by atoms with Crippen molar-refractivity contribution >= 4 is 11.6 Å². The number of hydrogen-bond acceptors (Lipinski definition) is 4. The third-order valence-corrected chi connectivity index (χ3v) is 3.17. The van der Waals surface area contributed by atoms with Crippen LogP contribution >= 0.6 is 0 Å². The molecule has 0 bridgehead atoms. The SMILES string of the molecule is CNCC1CN(CC(=O)Nc2ccccc2F)CCO1. The van der Waals surface area contributed by atoms with Gasteiger partial charge in [-0.25, -0.2) is 4.39 Å². The van der Waals surface area contributed by atoms with E-state index in [1.165, 1.54) is 6.07 Å². The fourth-order valence-electron chi connectivity index (χ4n) is 2.23. The Morgan fingerprint density at radius 3 is 3.05 bits per heavy atom. The van der Waals surface area contributed by atoms with Crippen LogP contribution in [0.5, 0.6) is 0 Å². The summed E-state index contributed by atoms with van der Waals surface area (Å²) in [6, 6.07) is 6.16. The zero-order valence-corrected chi connectivity index (χ0v) is 11.6. The number of nitrogens with zero attached hydrogens (tertiary/aromatic N) is 1. The van der Waals surface area contributed by atoms with Gasteiger partial charge >= 0.3 is 0 Å². The van der Waals surface area contributed by atoms with Crippen LogP contribution < -0.4 is 10.6 Å². The lowest BCUT2D eigenvalue weighted by molar-refractivity contribution is -0.119. The van der Waals surface area contributed by atoms with Gasteiger partial charge in [0.15, 0.2) is 0 Å². The highest BCUT2D eigenvalue weighted by molar-refractivity contribution is 5.92. The lowest BCUT2D eigenvalue weighted by atomic mass is 10.2. The molecule has 1 fully saturated rings. The zero-order chi connectivity index (χ0) is 14.4. The summed E-state index contributed by atoms with van der Waals surface area (Å²) < 4.78 is 19.0. The first-order valence-electron chi connectivity index (χ1n) is 6.72. The molecule has 1 atom stereocenters. The van der Waals surface area contributed by atoms with E-state index >= 15 is 0 Å². The van der Waals surface area contributed by atoms with E-state index in [1.807, 2.05) is 11.9 Å². The summed E-state index contributed by atoms with van der Waals surface area (Å²) in [4.78, 5) is 13.9. The molecular formula is C14H20FN3O2. The molecule has 0 aliphatic carbocycles. The topological polar surface area (TPSA) is 53.6 Å². The minimum atomic E-state index is -0.420. The number of carbonyl (C=O) groups is 1. The average molecular weight is 281 g/mol. The summed E-state index contributed by atoms with van der Waals surface area (Å²) in [5.41, 5.74) is 0.220. The van der Waals surface area contributed by atoms with Gasteiger partial charge in [-0.1, -0.05) is 12.1 Å². The number of ether oxygens (including phenoxy) is 1. The Morgan fingerprint density at radius 1 is 1.50 bits per heavy atom. The molecule has 1 saturated heterocycles. The van der Waals surface area contributed by atoms with Crippen LogP contribution in [0.3, 0.4) is 0 Å². The van der Waals surface area contributed by atoms with Crippen LogP contribution in [0.15, 0.2) is 24.3 Å². The highest BCUT2D eigenvalue weighted by Gasteiger charge is 2.21. The molecule has 0 aromatic heterocycles. The van der Waals surface area contributed by atoms with E-state index in [0.717, 1.165) is 6.54 Å². The molecular weight excluding hydrogens is 261 g/mol. The van der Waals surface area contributed by atoms with Crippen LogP contribution in [0.1, 0.15) is 0 Å². The van der Waals surface area contributed by atoms with E-state index in [2.05, 4.69) is 10.6 Å². The van der Waals surface area contributed by atoms with E-state index in [0.29, 0.717) is 19.7 Å². The van der Waals surface area contributed by atoms with Gasteiger partial charge in [-0.3, -0.25) is 9.69 Å². The summed E-state index contributed by atoms with van der Waals surface area (Å²) in [5, 5.41) is 5.65. The van der Waals surface area contributed by atoms with Crippen LogP contribution in [-0.4, -0.2) is 56.7 Å². The van der Waals surface area contributed by atoms with Gasteiger partial charge in [0, 0.05) is 19.6 Å². The van der Waals surface area contributed by atoms with Gasteiger partial charge < -0.3 is 15.4 Å². The van der Waals surface area contributed by atoms with Crippen molar-refractivity contribution in [3.63, 3.8) is 0 Å². The number of benzene rings is 1. The van der Waals surface area contributed by atoms with Gasteiger partial charge in [0.25, 0.3) is 0 Å². The average Bonchev–Trinajstić information content (AvgIpc) is 2.42. The first-order chi connectivity index (χ1) is 9.69. The highest BCUT2D eigenvalue weighted by Crippen LogP contribution is 2.12. The standard InChI is InChI=1S/C14H20FN3O2/c1-16-8-11-9-18(6-7-20-11)10-14(19)17-13-5-3-2-4-12(13)15/h2-5,11,16H,6-10H2,1H3,(H,17,19). The number of nitrogens with one attached hydrogen (secondary N) is 2. The summed E-state index contributed by atoms with van der Waals surface area (Å²) in [6.45, 7) is 3.03. The predicted molar refractivity (Wildman–Crippen MR) is 75.1 cm³/mol. The molecule has 0 saturated carbocycles. The molecule has 2 N–H and O–H groups in total. The Kier molecular flexibility index (Phi) is 5.46. The van der Waals surface area contributed by atoms with E-state index in [4.69, 9.17) is 4.74 Å². The second kappa shape index (κ2) is 7.33. The summed E-state index contributed by atoms with van der Waals surface area (Å²) >= 11 is 0. The van der Waals surface area contributed by atoms with Gasteiger partial charge in [0.1, 0.15) is 5.82 Å². The minimum absolute atomic E-state index is 0.0926. The van der Waals surface area contributed by atoms with Gasteiger partial charge in [-0.05, 0) is 19.2 Å². The maximum atomic E-state index is 13.4. The Labute approximate surface area is 118 Å². The van der Waals surface area contributed by atoms with E-state index in [9.17, 15) is 9.18 Å². The molecule has 0 spiro atoms. The van der Waals surface area contributed by atoms with Crippen molar-refractivity contribution in [1.29, 1.82) is 0 Å². The maximum absolute atomic E-state index is 13.4. The summed E-state index contributed by atoms with van der Waals surface area (Å²) in [7, 11) is 1.87. The third-order valence-electron chi connectivity index (χ3n) is 3.17. The monoisotopic (exact) mass is 281 g/mol. The third kappa shape index (κ3) is 4.26. The second-order valence-electron chi connectivity index (χ2n) is 4.81. The number of morpholine rings is 1. The number of amides is 1. The Balaban J connectivity index is 1.84. The number of rotatable bonds is 5. The van der Waals surface area contributed by atoms with Crippen LogP contribution in [0.2, 0.25) is 0 Å². The number of para-hydroxylation sites is 1. The quantitative estimate of drug-likeness (QED) is 0.833. The molecule has 2 rings (SSSR count). The van der Waals surface area contributed by atoms with Crippen LogP contribution in [-0.2, 0) is 9.53 Å². The molecule has 1 heterocycles. The molecule has 1 aromatic carbocycles. The maximum Gasteiger partial charge on any atom is 0.238 e. The minimum Gasteiger partial charge on any atom is -0.374 e. The van der Waals surface area contributed by atoms with Crippen molar-refractivity contribution in [3.05, 3.63) is 30.1 Å². The van der Waals surface area contributed by atoms with Gasteiger partial charge in [-0.2, -0.15) is 0 Å². The fraction of sp³-hybridized carbons (Fsp3) is 0.500. The highest BCUT2D eigenvalue weighted by atomic mass is 19.1. The summed E-state index contributed by atoms with van der Waals surface area (Å²) in [5.74, 6) is -0.629. The fourth-order valence-corrected chi connectivity index (χ4v) is 2.23. The van der Waals surface area contributed by atoms with E-state index in [-0.39, 0.29) is 24.2 Å². The van der Waals surface area contributed by atoms with E-state index in [1.54, 1.807) is 18.2 Å². The number of halogens is 1. The van der Waals surface area contributed by atoms with Crippen LogP contribution in [0.25, 0.3) is 0 Å². The zero-order valence-electron chi connectivity index (χ0n) is 11.6. The smallest absolute Gasteiger partial charge is 0.238 e. The molecule has 1 unspecified atom stereocenters. The Bertz CT molecular complexity index is 454. The molecule has 20 heavy (non-hydrogen) atoms. The van der Waals surface area contributed by atoms with E-state index < -0.39 is 5.82 Å². The van der Waals surface area contributed by atoms with Gasteiger partial charge in [0.05, 0.1) is 24.9 Å². The number of carbonyl (C=O) groups excluding carboxylic acids is 1. The molecule has 110 valence electrons. The number of anilines is 1. The first-order valence-corrected chi connectivity index (χ1v) is 6.72.